The zero-order valence-corrected chi connectivity index (χ0v) is 9.09. The second kappa shape index (κ2) is 3.79. The molecule has 0 radical (unpaired) electrons. The lowest BCUT2D eigenvalue weighted by Crippen LogP contribution is -2.31. The lowest BCUT2D eigenvalue weighted by Gasteiger charge is -2.18. The molecule has 1 aliphatic carbocycles. The van der Waals surface area contributed by atoms with Crippen molar-refractivity contribution in [2.45, 2.75) is 46.1 Å². The predicted molar refractivity (Wildman–Crippen MR) is 52.6 cm³/mol. The van der Waals surface area contributed by atoms with Crippen molar-refractivity contribution in [3.63, 3.8) is 0 Å². The summed E-state index contributed by atoms with van der Waals surface area (Å²) in [4.78, 5) is 11.7. The largest absolute Gasteiger partial charge is 0.367 e. The summed E-state index contributed by atoms with van der Waals surface area (Å²) in [5, 5.41) is 0. The van der Waals surface area contributed by atoms with Crippen LogP contribution in [0, 0.1) is 11.8 Å². The first kappa shape index (κ1) is 10.7. The van der Waals surface area contributed by atoms with Gasteiger partial charge in [0.05, 0.1) is 6.61 Å². The molecule has 0 amide bonds. The fourth-order valence-electron chi connectivity index (χ4n) is 1.43. The molecule has 0 aromatic rings. The highest BCUT2D eigenvalue weighted by Gasteiger charge is 2.51. The van der Waals surface area contributed by atoms with Gasteiger partial charge in [-0.25, -0.2) is 0 Å². The monoisotopic (exact) mass is 184 g/mol. The first-order valence-electron chi connectivity index (χ1n) is 5.16. The van der Waals surface area contributed by atoms with E-state index in [-0.39, 0.29) is 17.3 Å². The minimum atomic E-state index is -0.377. The van der Waals surface area contributed by atoms with Gasteiger partial charge in [-0.3, -0.25) is 4.79 Å². The number of carbonyl (C=O) groups is 1. The van der Waals surface area contributed by atoms with Crippen LogP contribution in [0.25, 0.3) is 0 Å². The number of ether oxygens (including phenoxy) is 1. The van der Waals surface area contributed by atoms with E-state index in [2.05, 4.69) is 13.8 Å². The van der Waals surface area contributed by atoms with Gasteiger partial charge in [-0.05, 0) is 18.8 Å². The zero-order valence-electron chi connectivity index (χ0n) is 9.09. The van der Waals surface area contributed by atoms with Crippen LogP contribution in [0.5, 0.6) is 0 Å². The van der Waals surface area contributed by atoms with Crippen LogP contribution in [0.4, 0.5) is 0 Å². The summed E-state index contributed by atoms with van der Waals surface area (Å²) < 4.78 is 5.68. The van der Waals surface area contributed by atoms with Crippen molar-refractivity contribution >= 4 is 5.78 Å². The number of ketones is 1. The van der Waals surface area contributed by atoms with Crippen molar-refractivity contribution in [2.75, 3.05) is 6.61 Å². The Morgan fingerprint density at radius 2 is 1.85 bits per heavy atom. The van der Waals surface area contributed by atoms with Crippen LogP contribution in [-0.4, -0.2) is 18.0 Å². The molecule has 1 fully saturated rings. The van der Waals surface area contributed by atoms with Crippen molar-refractivity contribution in [3.8, 4) is 0 Å². The molecule has 0 aromatic carbocycles. The van der Waals surface area contributed by atoms with E-state index in [4.69, 9.17) is 4.74 Å². The zero-order chi connectivity index (χ0) is 10.1. The van der Waals surface area contributed by atoms with Crippen molar-refractivity contribution in [1.29, 1.82) is 0 Å². The third kappa shape index (κ3) is 2.53. The van der Waals surface area contributed by atoms with Gasteiger partial charge in [-0.15, -0.1) is 0 Å². The summed E-state index contributed by atoms with van der Waals surface area (Å²) in [5.74, 6) is 0.903. The van der Waals surface area contributed by atoms with Crippen LogP contribution in [0.15, 0.2) is 0 Å². The van der Waals surface area contributed by atoms with Crippen LogP contribution in [0.1, 0.15) is 40.5 Å². The van der Waals surface area contributed by atoms with Gasteiger partial charge in [0.1, 0.15) is 5.60 Å². The van der Waals surface area contributed by atoms with Gasteiger partial charge in [0, 0.05) is 5.92 Å². The number of rotatable bonds is 5. The van der Waals surface area contributed by atoms with E-state index in [0.29, 0.717) is 12.5 Å². The molecule has 2 nitrogen and oxygen atoms in total. The molecule has 1 aliphatic rings. The molecule has 0 heterocycles. The van der Waals surface area contributed by atoms with E-state index >= 15 is 0 Å². The normalized spacial score (nSPS) is 19.5. The molecule has 0 spiro atoms. The van der Waals surface area contributed by atoms with Gasteiger partial charge in [0.25, 0.3) is 0 Å². The Morgan fingerprint density at radius 3 is 2.15 bits per heavy atom. The Morgan fingerprint density at radius 1 is 1.31 bits per heavy atom. The van der Waals surface area contributed by atoms with Gasteiger partial charge in [0.2, 0.25) is 0 Å². The van der Waals surface area contributed by atoms with Crippen molar-refractivity contribution in [3.05, 3.63) is 0 Å². The Labute approximate surface area is 80.7 Å². The maximum absolute atomic E-state index is 11.7. The Kier molecular flexibility index (Phi) is 3.12. The van der Waals surface area contributed by atoms with E-state index in [9.17, 15) is 4.79 Å². The molecule has 0 saturated heterocycles. The Hall–Kier alpha value is -0.370. The number of Topliss-reactive ketones (excluding diaryl/α,β-unsaturated/α-hetero) is 1. The molecule has 0 bridgehead atoms. The molecule has 1 saturated carbocycles. The lowest BCUT2D eigenvalue weighted by atomic mass is 10.0. The van der Waals surface area contributed by atoms with Crippen LogP contribution >= 0.6 is 0 Å². The summed E-state index contributed by atoms with van der Waals surface area (Å²) in [7, 11) is 0. The highest BCUT2D eigenvalue weighted by atomic mass is 16.5. The van der Waals surface area contributed by atoms with Crippen molar-refractivity contribution in [1.82, 2.24) is 0 Å². The third-order valence-electron chi connectivity index (χ3n) is 2.37. The summed E-state index contributed by atoms with van der Waals surface area (Å²) in [5.41, 5.74) is -0.377. The van der Waals surface area contributed by atoms with Gasteiger partial charge in [-0.2, -0.15) is 0 Å². The predicted octanol–water partition coefficient (Wildman–Crippen LogP) is 2.42. The minimum Gasteiger partial charge on any atom is -0.367 e. The minimum absolute atomic E-state index is 0.106. The van der Waals surface area contributed by atoms with Crippen LogP contribution in [0.3, 0.4) is 0 Å². The summed E-state index contributed by atoms with van der Waals surface area (Å²) in [6.45, 7) is 8.81. The second-order valence-corrected chi connectivity index (χ2v) is 4.72. The van der Waals surface area contributed by atoms with E-state index in [1.165, 1.54) is 0 Å². The molecule has 1 rings (SSSR count). The molecule has 0 aromatic heterocycles. The highest BCUT2D eigenvalue weighted by molar-refractivity contribution is 5.91. The topological polar surface area (TPSA) is 26.3 Å². The van der Waals surface area contributed by atoms with E-state index in [0.717, 1.165) is 12.8 Å². The average Bonchev–Trinajstić information content (AvgIpc) is 2.80. The first-order chi connectivity index (χ1) is 5.98. The molecular formula is C11H20O2. The summed E-state index contributed by atoms with van der Waals surface area (Å²) in [6.07, 6.45) is 1.85. The number of hydrogen-bond donors (Lipinski definition) is 0. The molecular weight excluding hydrogens is 164 g/mol. The third-order valence-corrected chi connectivity index (χ3v) is 2.37. The SMILES string of the molecule is CC(C)COC1(C(=O)C(C)C)CC1. The molecule has 0 N–H and O–H groups in total. The fourth-order valence-corrected chi connectivity index (χ4v) is 1.43. The summed E-state index contributed by atoms with van der Waals surface area (Å²) in [6, 6.07) is 0. The van der Waals surface area contributed by atoms with Crippen molar-refractivity contribution in [2.24, 2.45) is 11.8 Å². The molecule has 0 unspecified atom stereocenters. The molecule has 13 heavy (non-hydrogen) atoms. The van der Waals surface area contributed by atoms with Gasteiger partial charge < -0.3 is 4.74 Å². The maximum Gasteiger partial charge on any atom is 0.167 e. The van der Waals surface area contributed by atoms with E-state index in [1.807, 2.05) is 13.8 Å². The number of carbonyl (C=O) groups excluding carboxylic acids is 1. The smallest absolute Gasteiger partial charge is 0.167 e. The van der Waals surface area contributed by atoms with Gasteiger partial charge in [-0.1, -0.05) is 27.7 Å². The Bertz CT molecular complexity index is 190. The van der Waals surface area contributed by atoms with Crippen LogP contribution in [-0.2, 0) is 9.53 Å². The lowest BCUT2D eigenvalue weighted by molar-refractivity contribution is -0.137. The van der Waals surface area contributed by atoms with E-state index < -0.39 is 0 Å². The summed E-state index contributed by atoms with van der Waals surface area (Å²) >= 11 is 0. The first-order valence-corrected chi connectivity index (χ1v) is 5.16. The Balaban J connectivity index is 2.43. The second-order valence-electron chi connectivity index (χ2n) is 4.72. The quantitative estimate of drug-likeness (QED) is 0.656. The molecule has 0 aliphatic heterocycles. The maximum atomic E-state index is 11.7. The van der Waals surface area contributed by atoms with Crippen LogP contribution < -0.4 is 0 Å². The van der Waals surface area contributed by atoms with E-state index in [1.54, 1.807) is 0 Å². The van der Waals surface area contributed by atoms with Gasteiger partial charge in [0.15, 0.2) is 5.78 Å². The number of hydrogen-bond acceptors (Lipinski definition) is 2. The molecule has 2 heteroatoms. The standard InChI is InChI=1S/C11H20O2/c1-8(2)7-13-11(5-6-11)10(12)9(3)4/h8-9H,5-7H2,1-4H3. The highest BCUT2D eigenvalue weighted by Crippen LogP contribution is 2.42. The average molecular weight is 184 g/mol. The van der Waals surface area contributed by atoms with Crippen molar-refractivity contribution < 1.29 is 9.53 Å². The fraction of sp³-hybridized carbons (Fsp3) is 0.909. The van der Waals surface area contributed by atoms with Crippen LogP contribution in [0.2, 0.25) is 0 Å². The molecule has 0 atom stereocenters. The van der Waals surface area contributed by atoms with Gasteiger partial charge >= 0.3 is 0 Å². The molecule has 76 valence electrons.